The Morgan fingerprint density at radius 1 is 1.02 bits per heavy atom. The lowest BCUT2D eigenvalue weighted by Gasteiger charge is -2.16. The van der Waals surface area contributed by atoms with Crippen molar-refractivity contribution in [2.24, 2.45) is 0 Å². The lowest BCUT2D eigenvalue weighted by atomic mass is 10.0. The van der Waals surface area contributed by atoms with Crippen LogP contribution in [0, 0.1) is 0 Å². The van der Waals surface area contributed by atoms with Crippen LogP contribution in [-0.4, -0.2) is 46.6 Å². The van der Waals surface area contributed by atoms with E-state index in [1.54, 1.807) is 7.11 Å². The van der Waals surface area contributed by atoms with E-state index in [1.165, 1.54) is 35.8 Å². The van der Waals surface area contributed by atoms with Gasteiger partial charge in [-0.15, -0.1) is 21.5 Å². The van der Waals surface area contributed by atoms with Crippen LogP contribution in [0.4, 0.5) is 5.00 Å². The normalized spacial score (nSPS) is 11.6. The van der Waals surface area contributed by atoms with E-state index in [4.69, 9.17) is 14.2 Å². The number of nitrogens with zero attached hydrogens (tertiary/aromatic N) is 3. The van der Waals surface area contributed by atoms with Crippen molar-refractivity contribution in [1.29, 1.82) is 0 Å². The number of hydrogen-bond donors (Lipinski definition) is 1. The molecule has 4 rings (SSSR count). The predicted octanol–water partition coefficient (Wildman–Crippen LogP) is 6.25. The molecule has 0 aliphatic carbocycles. The summed E-state index contributed by atoms with van der Waals surface area (Å²) in [5.41, 5.74) is 3.05. The minimum atomic E-state index is -0.524. The number of methoxy groups -OCH3 is 2. The van der Waals surface area contributed by atoms with Gasteiger partial charge in [0.2, 0.25) is 5.91 Å². The number of carbonyl (C=O) groups is 2. The standard InChI is InChI=1S/C29H32N4O5S2/c1-6-19-8-12-22(13-9-19)38-18(3)26-31-32-29(33(26)7-2)40-17-24(34)30-27-25(28(35)37-5)23(16-39-27)20-10-14-21(36-4)15-11-20/h8-16,18H,6-7,17H2,1-5H3,(H,30,34). The van der Waals surface area contributed by atoms with E-state index in [9.17, 15) is 9.59 Å². The van der Waals surface area contributed by atoms with Gasteiger partial charge in [-0.3, -0.25) is 4.79 Å². The quantitative estimate of drug-likeness (QED) is 0.155. The van der Waals surface area contributed by atoms with Gasteiger partial charge in [0.25, 0.3) is 0 Å². The molecule has 9 nitrogen and oxygen atoms in total. The molecule has 11 heteroatoms. The first-order chi connectivity index (χ1) is 19.4. The highest BCUT2D eigenvalue weighted by Crippen LogP contribution is 2.37. The van der Waals surface area contributed by atoms with Crippen molar-refractivity contribution in [3.8, 4) is 22.6 Å². The molecule has 1 N–H and O–H groups in total. The monoisotopic (exact) mass is 580 g/mol. The first-order valence-electron chi connectivity index (χ1n) is 12.8. The summed E-state index contributed by atoms with van der Waals surface area (Å²) >= 11 is 2.54. The number of thioether (sulfide) groups is 1. The maximum absolute atomic E-state index is 12.9. The second-order valence-corrected chi connectivity index (χ2v) is 10.6. The van der Waals surface area contributed by atoms with Gasteiger partial charge < -0.3 is 24.1 Å². The van der Waals surface area contributed by atoms with Crippen LogP contribution in [0.25, 0.3) is 11.1 Å². The molecule has 0 radical (unpaired) electrons. The summed E-state index contributed by atoms with van der Waals surface area (Å²) in [6.07, 6.45) is 0.641. The van der Waals surface area contributed by atoms with E-state index >= 15 is 0 Å². The van der Waals surface area contributed by atoms with Gasteiger partial charge in [0.15, 0.2) is 17.1 Å². The zero-order valence-electron chi connectivity index (χ0n) is 23.1. The maximum Gasteiger partial charge on any atom is 0.341 e. The molecule has 1 unspecified atom stereocenters. The van der Waals surface area contributed by atoms with Gasteiger partial charge in [-0.25, -0.2) is 4.79 Å². The zero-order chi connectivity index (χ0) is 28.6. The number of thiophene rings is 1. The number of carbonyl (C=O) groups excluding carboxylic acids is 2. The predicted molar refractivity (Wildman–Crippen MR) is 158 cm³/mol. The molecule has 4 aromatic rings. The number of anilines is 1. The Bertz CT molecular complexity index is 1450. The van der Waals surface area contributed by atoms with Crippen molar-refractivity contribution >= 4 is 40.0 Å². The van der Waals surface area contributed by atoms with Crippen LogP contribution in [0.2, 0.25) is 0 Å². The molecule has 2 aromatic carbocycles. The molecule has 0 aliphatic rings. The average molecular weight is 581 g/mol. The van der Waals surface area contributed by atoms with Crippen LogP contribution in [0.5, 0.6) is 11.5 Å². The highest BCUT2D eigenvalue weighted by atomic mass is 32.2. The lowest BCUT2D eigenvalue weighted by molar-refractivity contribution is -0.113. The topological polar surface area (TPSA) is 105 Å². The minimum Gasteiger partial charge on any atom is -0.497 e. The van der Waals surface area contributed by atoms with E-state index < -0.39 is 5.97 Å². The van der Waals surface area contributed by atoms with Crippen molar-refractivity contribution in [2.45, 2.75) is 45.0 Å². The Balaban J connectivity index is 1.44. The summed E-state index contributed by atoms with van der Waals surface area (Å²) in [4.78, 5) is 25.6. The maximum atomic E-state index is 12.9. The van der Waals surface area contributed by atoms with Crippen LogP contribution < -0.4 is 14.8 Å². The van der Waals surface area contributed by atoms with Gasteiger partial charge in [-0.2, -0.15) is 0 Å². The second-order valence-electron chi connectivity index (χ2n) is 8.75. The van der Waals surface area contributed by atoms with Crippen LogP contribution >= 0.6 is 23.1 Å². The summed E-state index contributed by atoms with van der Waals surface area (Å²) in [5.74, 6) is 1.44. The van der Waals surface area contributed by atoms with E-state index in [1.807, 2.05) is 72.3 Å². The first kappa shape index (κ1) is 29.2. The summed E-state index contributed by atoms with van der Waals surface area (Å²) < 4.78 is 18.3. The SMILES string of the molecule is CCc1ccc(OC(C)c2nnc(SCC(=O)Nc3scc(-c4ccc(OC)cc4)c3C(=O)OC)n2CC)cc1. The smallest absolute Gasteiger partial charge is 0.341 e. The van der Waals surface area contributed by atoms with Crippen LogP contribution in [0.3, 0.4) is 0 Å². The minimum absolute atomic E-state index is 0.0855. The number of benzene rings is 2. The third-order valence-electron chi connectivity index (χ3n) is 6.24. The van der Waals surface area contributed by atoms with Gasteiger partial charge in [-0.1, -0.05) is 43.0 Å². The van der Waals surface area contributed by atoms with E-state index in [-0.39, 0.29) is 17.8 Å². The third-order valence-corrected chi connectivity index (χ3v) is 8.10. The average Bonchev–Trinajstić information content (AvgIpc) is 3.60. The Morgan fingerprint density at radius 2 is 1.73 bits per heavy atom. The Labute approximate surface area is 241 Å². The van der Waals surface area contributed by atoms with Gasteiger partial charge in [0.1, 0.15) is 22.1 Å². The Kier molecular flexibility index (Phi) is 9.84. The molecule has 210 valence electrons. The molecule has 0 bridgehead atoms. The Hall–Kier alpha value is -3.83. The fourth-order valence-corrected chi connectivity index (χ4v) is 5.88. The van der Waals surface area contributed by atoms with Crippen LogP contribution in [0.15, 0.2) is 59.1 Å². The summed E-state index contributed by atoms with van der Waals surface area (Å²) in [7, 11) is 2.91. The Morgan fingerprint density at radius 3 is 2.35 bits per heavy atom. The van der Waals surface area contributed by atoms with Gasteiger partial charge in [0, 0.05) is 17.5 Å². The molecule has 0 saturated carbocycles. The molecule has 0 aliphatic heterocycles. The molecule has 1 atom stereocenters. The molecule has 0 fully saturated rings. The van der Waals surface area contributed by atoms with Gasteiger partial charge in [-0.05, 0) is 55.7 Å². The highest BCUT2D eigenvalue weighted by Gasteiger charge is 2.24. The second kappa shape index (κ2) is 13.5. The van der Waals surface area contributed by atoms with Crippen molar-refractivity contribution < 1.29 is 23.8 Å². The third kappa shape index (κ3) is 6.65. The van der Waals surface area contributed by atoms with E-state index in [0.717, 1.165) is 17.7 Å². The fourth-order valence-electron chi connectivity index (χ4n) is 4.10. The summed E-state index contributed by atoms with van der Waals surface area (Å²) in [6, 6.07) is 15.3. The number of nitrogens with one attached hydrogen (secondary N) is 1. The largest absolute Gasteiger partial charge is 0.497 e. The number of hydrogen-bond acceptors (Lipinski definition) is 9. The van der Waals surface area contributed by atoms with Crippen molar-refractivity contribution in [3.63, 3.8) is 0 Å². The summed E-state index contributed by atoms with van der Waals surface area (Å²) in [6.45, 7) is 6.66. The molecule has 2 heterocycles. The van der Waals surface area contributed by atoms with E-state index in [0.29, 0.717) is 39.4 Å². The van der Waals surface area contributed by atoms with Gasteiger partial charge in [0.05, 0.1) is 20.0 Å². The van der Waals surface area contributed by atoms with Gasteiger partial charge >= 0.3 is 5.97 Å². The molecule has 0 spiro atoms. The lowest BCUT2D eigenvalue weighted by Crippen LogP contribution is -2.17. The number of amides is 1. The summed E-state index contributed by atoms with van der Waals surface area (Å²) in [5, 5.41) is 14.4. The van der Waals surface area contributed by atoms with Crippen LogP contribution in [-0.2, 0) is 22.5 Å². The molecule has 1 amide bonds. The molecule has 2 aromatic heterocycles. The molecular formula is C29H32N4O5S2. The van der Waals surface area contributed by atoms with Crippen molar-refractivity contribution in [3.05, 3.63) is 70.9 Å². The van der Waals surface area contributed by atoms with Crippen LogP contribution in [0.1, 0.15) is 48.6 Å². The number of aryl methyl sites for hydroxylation is 1. The molecular weight excluding hydrogens is 548 g/mol. The fraction of sp³-hybridized carbons (Fsp3) is 0.310. The molecule has 40 heavy (non-hydrogen) atoms. The highest BCUT2D eigenvalue weighted by molar-refractivity contribution is 7.99. The number of ether oxygens (including phenoxy) is 3. The number of aromatic nitrogens is 3. The number of rotatable bonds is 12. The first-order valence-corrected chi connectivity index (χ1v) is 14.7. The van der Waals surface area contributed by atoms with Crippen molar-refractivity contribution in [2.75, 3.05) is 25.3 Å². The van der Waals surface area contributed by atoms with E-state index in [2.05, 4.69) is 22.4 Å². The molecule has 0 saturated heterocycles. The zero-order valence-corrected chi connectivity index (χ0v) is 24.7. The number of esters is 1. The van der Waals surface area contributed by atoms with Crippen molar-refractivity contribution in [1.82, 2.24) is 14.8 Å².